The van der Waals surface area contributed by atoms with Crippen LogP contribution in [-0.2, 0) is 9.84 Å². The highest BCUT2D eigenvalue weighted by atomic mass is 32.2. The summed E-state index contributed by atoms with van der Waals surface area (Å²) in [5, 5.41) is 3.25. The highest BCUT2D eigenvalue weighted by Crippen LogP contribution is 2.26. The SMILES string of the molecule is CS(=O)(=O)c1ccccc1NCC1CCC(N)C1. The Hall–Kier alpha value is -1.07. The molecule has 1 fully saturated rings. The summed E-state index contributed by atoms with van der Waals surface area (Å²) in [4.78, 5) is 0.368. The fourth-order valence-corrected chi connectivity index (χ4v) is 3.35. The van der Waals surface area contributed by atoms with Gasteiger partial charge in [-0.2, -0.15) is 0 Å². The number of hydrogen-bond donors (Lipinski definition) is 2. The van der Waals surface area contributed by atoms with Gasteiger partial charge in [-0.05, 0) is 37.3 Å². The Bertz CT molecular complexity index is 513. The molecule has 0 saturated heterocycles. The Morgan fingerprint density at radius 3 is 2.67 bits per heavy atom. The first-order valence-electron chi connectivity index (χ1n) is 6.25. The molecule has 1 aliphatic carbocycles. The number of hydrogen-bond acceptors (Lipinski definition) is 4. The molecule has 0 spiro atoms. The van der Waals surface area contributed by atoms with Crippen LogP contribution in [0.25, 0.3) is 0 Å². The minimum Gasteiger partial charge on any atom is -0.384 e. The van der Waals surface area contributed by atoms with Crippen LogP contribution in [0.5, 0.6) is 0 Å². The smallest absolute Gasteiger partial charge is 0.177 e. The van der Waals surface area contributed by atoms with Crippen molar-refractivity contribution in [3.63, 3.8) is 0 Å². The molecule has 0 heterocycles. The number of para-hydroxylation sites is 1. The van der Waals surface area contributed by atoms with E-state index in [9.17, 15) is 8.42 Å². The molecule has 18 heavy (non-hydrogen) atoms. The van der Waals surface area contributed by atoms with Gasteiger partial charge >= 0.3 is 0 Å². The van der Waals surface area contributed by atoms with Gasteiger partial charge in [0.1, 0.15) is 0 Å². The van der Waals surface area contributed by atoms with E-state index in [-0.39, 0.29) is 0 Å². The molecule has 1 aliphatic rings. The topological polar surface area (TPSA) is 72.2 Å². The number of sulfone groups is 1. The first-order valence-corrected chi connectivity index (χ1v) is 8.14. The van der Waals surface area contributed by atoms with Gasteiger partial charge in [0.25, 0.3) is 0 Å². The summed E-state index contributed by atoms with van der Waals surface area (Å²) >= 11 is 0. The minimum absolute atomic E-state index is 0.307. The van der Waals surface area contributed by atoms with Crippen LogP contribution in [0.1, 0.15) is 19.3 Å². The van der Waals surface area contributed by atoms with Crippen molar-refractivity contribution in [2.75, 3.05) is 18.1 Å². The van der Waals surface area contributed by atoms with Crippen LogP contribution in [-0.4, -0.2) is 27.3 Å². The highest BCUT2D eigenvalue weighted by Gasteiger charge is 2.22. The molecular formula is C13H20N2O2S. The molecule has 0 aromatic heterocycles. The van der Waals surface area contributed by atoms with Crippen molar-refractivity contribution in [3.8, 4) is 0 Å². The summed E-state index contributed by atoms with van der Waals surface area (Å²) in [6, 6.07) is 7.34. The van der Waals surface area contributed by atoms with E-state index in [1.54, 1.807) is 12.1 Å². The zero-order chi connectivity index (χ0) is 13.2. The van der Waals surface area contributed by atoms with Gasteiger partial charge in [-0.15, -0.1) is 0 Å². The summed E-state index contributed by atoms with van der Waals surface area (Å²) in [6.07, 6.45) is 4.45. The molecule has 1 aromatic carbocycles. The predicted octanol–water partition coefficient (Wildman–Crippen LogP) is 1.63. The summed E-state index contributed by atoms with van der Waals surface area (Å²) in [6.45, 7) is 0.792. The van der Waals surface area contributed by atoms with Crippen molar-refractivity contribution in [2.24, 2.45) is 11.7 Å². The molecule has 0 bridgehead atoms. The summed E-state index contributed by atoms with van der Waals surface area (Å²) < 4.78 is 23.3. The third-order valence-corrected chi connectivity index (χ3v) is 4.60. The highest BCUT2D eigenvalue weighted by molar-refractivity contribution is 7.90. The predicted molar refractivity (Wildman–Crippen MR) is 73.4 cm³/mol. The van der Waals surface area contributed by atoms with Crippen LogP contribution in [0, 0.1) is 5.92 Å². The molecule has 2 rings (SSSR count). The Morgan fingerprint density at radius 1 is 1.33 bits per heavy atom. The first-order chi connectivity index (χ1) is 8.47. The van der Waals surface area contributed by atoms with E-state index < -0.39 is 9.84 Å². The molecule has 0 amide bonds. The van der Waals surface area contributed by atoms with Crippen molar-refractivity contribution in [1.82, 2.24) is 0 Å². The van der Waals surface area contributed by atoms with Crippen LogP contribution >= 0.6 is 0 Å². The van der Waals surface area contributed by atoms with Gasteiger partial charge in [0.15, 0.2) is 9.84 Å². The number of rotatable bonds is 4. The van der Waals surface area contributed by atoms with Crippen molar-refractivity contribution in [2.45, 2.75) is 30.2 Å². The molecule has 4 nitrogen and oxygen atoms in total. The van der Waals surface area contributed by atoms with E-state index in [0.717, 1.165) is 25.8 Å². The standard InChI is InChI=1S/C13H20N2O2S/c1-18(16,17)13-5-3-2-4-12(13)15-9-10-6-7-11(14)8-10/h2-5,10-11,15H,6-9,14H2,1H3. The van der Waals surface area contributed by atoms with Gasteiger partial charge in [-0.3, -0.25) is 0 Å². The molecule has 100 valence electrons. The largest absolute Gasteiger partial charge is 0.384 e. The van der Waals surface area contributed by atoms with Crippen molar-refractivity contribution >= 4 is 15.5 Å². The van der Waals surface area contributed by atoms with E-state index in [2.05, 4.69) is 5.32 Å². The van der Waals surface area contributed by atoms with Gasteiger partial charge in [0.2, 0.25) is 0 Å². The van der Waals surface area contributed by atoms with Gasteiger partial charge in [0, 0.05) is 18.8 Å². The molecule has 5 heteroatoms. The van der Waals surface area contributed by atoms with Gasteiger partial charge in [-0.25, -0.2) is 8.42 Å². The quantitative estimate of drug-likeness (QED) is 0.870. The van der Waals surface area contributed by atoms with Crippen LogP contribution in [0.15, 0.2) is 29.2 Å². The Labute approximate surface area is 108 Å². The number of benzene rings is 1. The summed E-state index contributed by atoms with van der Waals surface area (Å²) in [5.41, 5.74) is 6.56. The van der Waals surface area contributed by atoms with Crippen LogP contribution in [0.3, 0.4) is 0 Å². The maximum absolute atomic E-state index is 11.6. The molecule has 0 radical (unpaired) electrons. The maximum Gasteiger partial charge on any atom is 0.177 e. The van der Waals surface area contributed by atoms with E-state index in [1.165, 1.54) is 6.26 Å². The fraction of sp³-hybridized carbons (Fsp3) is 0.538. The molecule has 0 aliphatic heterocycles. The lowest BCUT2D eigenvalue weighted by Gasteiger charge is -2.14. The first kappa shape index (κ1) is 13.4. The van der Waals surface area contributed by atoms with E-state index in [1.807, 2.05) is 12.1 Å². The molecule has 2 atom stereocenters. The Kier molecular flexibility index (Phi) is 3.92. The number of nitrogens with one attached hydrogen (secondary N) is 1. The van der Waals surface area contributed by atoms with E-state index in [0.29, 0.717) is 22.5 Å². The maximum atomic E-state index is 11.6. The fourth-order valence-electron chi connectivity index (χ4n) is 2.49. The Morgan fingerprint density at radius 2 is 2.06 bits per heavy atom. The second-order valence-electron chi connectivity index (χ2n) is 5.09. The second-order valence-corrected chi connectivity index (χ2v) is 7.07. The summed E-state index contributed by atoms with van der Waals surface area (Å²) in [7, 11) is -3.18. The summed E-state index contributed by atoms with van der Waals surface area (Å²) in [5.74, 6) is 0.549. The zero-order valence-electron chi connectivity index (χ0n) is 10.6. The zero-order valence-corrected chi connectivity index (χ0v) is 11.4. The average Bonchev–Trinajstić information content (AvgIpc) is 2.72. The molecular weight excluding hydrogens is 248 g/mol. The van der Waals surface area contributed by atoms with E-state index >= 15 is 0 Å². The lowest BCUT2D eigenvalue weighted by molar-refractivity contribution is 0.564. The molecule has 3 N–H and O–H groups in total. The van der Waals surface area contributed by atoms with Crippen molar-refractivity contribution in [3.05, 3.63) is 24.3 Å². The van der Waals surface area contributed by atoms with Crippen LogP contribution in [0.2, 0.25) is 0 Å². The number of anilines is 1. The van der Waals surface area contributed by atoms with Crippen LogP contribution < -0.4 is 11.1 Å². The van der Waals surface area contributed by atoms with Crippen molar-refractivity contribution in [1.29, 1.82) is 0 Å². The second kappa shape index (κ2) is 5.28. The minimum atomic E-state index is -3.18. The van der Waals surface area contributed by atoms with Crippen LogP contribution in [0.4, 0.5) is 5.69 Å². The van der Waals surface area contributed by atoms with Gasteiger partial charge in [0.05, 0.1) is 10.6 Å². The lowest BCUT2D eigenvalue weighted by atomic mass is 10.1. The normalized spacial score (nSPS) is 24.1. The molecule has 2 unspecified atom stereocenters. The third kappa shape index (κ3) is 3.23. The lowest BCUT2D eigenvalue weighted by Crippen LogP contribution is -2.18. The van der Waals surface area contributed by atoms with Gasteiger partial charge in [-0.1, -0.05) is 12.1 Å². The van der Waals surface area contributed by atoms with Crippen molar-refractivity contribution < 1.29 is 8.42 Å². The monoisotopic (exact) mass is 268 g/mol. The third-order valence-electron chi connectivity index (χ3n) is 3.45. The van der Waals surface area contributed by atoms with Gasteiger partial charge < -0.3 is 11.1 Å². The Balaban J connectivity index is 2.06. The molecule has 1 saturated carbocycles. The van der Waals surface area contributed by atoms with E-state index in [4.69, 9.17) is 5.73 Å². The average molecular weight is 268 g/mol. The number of nitrogens with two attached hydrogens (primary N) is 1. The molecule has 1 aromatic rings.